The summed E-state index contributed by atoms with van der Waals surface area (Å²) in [5, 5.41) is 3.82. The second kappa shape index (κ2) is 13.6. The highest BCUT2D eigenvalue weighted by Gasteiger charge is 2.25. The minimum Gasteiger partial charge on any atom is -0.490 e. The third-order valence-corrected chi connectivity index (χ3v) is 8.19. The lowest BCUT2D eigenvalue weighted by Crippen LogP contribution is -2.43. The van der Waals surface area contributed by atoms with Crippen LogP contribution in [0.1, 0.15) is 51.7 Å². The van der Waals surface area contributed by atoms with Crippen LogP contribution < -0.4 is 14.8 Å². The summed E-state index contributed by atoms with van der Waals surface area (Å²) in [5.74, 6) is 0.899. The highest BCUT2D eigenvalue weighted by atomic mass is 32.1. The molecule has 40 heavy (non-hydrogen) atoms. The SMILES string of the molecule is CCOc1cc(C=Nc2sc3c(c2C(=O)NCc2ccccc2)CCCC3)ccc1OCC(=O)N1CCOCC1. The predicted octanol–water partition coefficient (Wildman–Crippen LogP) is 4.94. The maximum absolute atomic E-state index is 13.4. The number of amides is 2. The molecule has 1 N–H and O–H groups in total. The minimum atomic E-state index is -0.0842. The number of benzene rings is 2. The molecule has 3 aromatic rings. The topological polar surface area (TPSA) is 89.5 Å². The lowest BCUT2D eigenvalue weighted by atomic mass is 9.95. The molecule has 8 nitrogen and oxygen atoms in total. The molecule has 0 atom stereocenters. The molecule has 0 radical (unpaired) electrons. The molecule has 0 spiro atoms. The number of ether oxygens (including phenoxy) is 3. The van der Waals surface area contributed by atoms with E-state index in [1.54, 1.807) is 28.5 Å². The van der Waals surface area contributed by atoms with E-state index in [1.165, 1.54) is 4.88 Å². The first-order valence-electron chi connectivity index (χ1n) is 13.9. The van der Waals surface area contributed by atoms with E-state index in [0.29, 0.717) is 56.5 Å². The van der Waals surface area contributed by atoms with Gasteiger partial charge in [0.25, 0.3) is 11.8 Å². The first kappa shape index (κ1) is 27.9. The number of carbonyl (C=O) groups is 2. The number of hydrogen-bond donors (Lipinski definition) is 1. The molecule has 2 heterocycles. The van der Waals surface area contributed by atoms with E-state index < -0.39 is 0 Å². The second-order valence-corrected chi connectivity index (χ2v) is 10.8. The van der Waals surface area contributed by atoms with Crippen molar-refractivity contribution in [3.05, 3.63) is 75.7 Å². The van der Waals surface area contributed by atoms with Gasteiger partial charge in [-0.25, -0.2) is 4.99 Å². The van der Waals surface area contributed by atoms with Gasteiger partial charge < -0.3 is 24.4 Å². The highest BCUT2D eigenvalue weighted by molar-refractivity contribution is 7.16. The van der Waals surface area contributed by atoms with Gasteiger partial charge in [0, 0.05) is 30.7 Å². The molecule has 5 rings (SSSR count). The Bertz CT molecular complexity index is 1350. The molecule has 9 heteroatoms. The first-order valence-corrected chi connectivity index (χ1v) is 14.7. The van der Waals surface area contributed by atoms with Gasteiger partial charge in [0.2, 0.25) is 0 Å². The fourth-order valence-corrected chi connectivity index (χ4v) is 6.14. The van der Waals surface area contributed by atoms with Gasteiger partial charge in [-0.2, -0.15) is 0 Å². The van der Waals surface area contributed by atoms with Crippen molar-refractivity contribution in [3.63, 3.8) is 0 Å². The van der Waals surface area contributed by atoms with Crippen molar-refractivity contribution in [3.8, 4) is 11.5 Å². The maximum atomic E-state index is 13.4. The number of nitrogens with zero attached hydrogens (tertiary/aromatic N) is 2. The third-order valence-electron chi connectivity index (χ3n) is 6.99. The van der Waals surface area contributed by atoms with Crippen LogP contribution in [0.2, 0.25) is 0 Å². The Labute approximate surface area is 239 Å². The fraction of sp³-hybridized carbons (Fsp3) is 0.387. The van der Waals surface area contributed by atoms with Gasteiger partial charge in [-0.15, -0.1) is 11.3 Å². The molecule has 1 fully saturated rings. The lowest BCUT2D eigenvalue weighted by Gasteiger charge is -2.26. The molecule has 0 bridgehead atoms. The summed E-state index contributed by atoms with van der Waals surface area (Å²) >= 11 is 1.61. The van der Waals surface area contributed by atoms with Gasteiger partial charge in [0.05, 0.1) is 25.4 Å². The van der Waals surface area contributed by atoms with Gasteiger partial charge in [-0.05, 0) is 67.5 Å². The summed E-state index contributed by atoms with van der Waals surface area (Å²) in [6.45, 7) is 5.03. The maximum Gasteiger partial charge on any atom is 0.260 e. The third kappa shape index (κ3) is 6.89. The zero-order valence-electron chi connectivity index (χ0n) is 22.8. The quantitative estimate of drug-likeness (QED) is 0.354. The van der Waals surface area contributed by atoms with Crippen LogP contribution in [-0.4, -0.2) is 62.4 Å². The smallest absolute Gasteiger partial charge is 0.260 e. The highest BCUT2D eigenvalue weighted by Crippen LogP contribution is 2.40. The second-order valence-electron chi connectivity index (χ2n) is 9.74. The lowest BCUT2D eigenvalue weighted by molar-refractivity contribution is -0.137. The van der Waals surface area contributed by atoms with Crippen molar-refractivity contribution < 1.29 is 23.8 Å². The van der Waals surface area contributed by atoms with Crippen LogP contribution in [0.4, 0.5) is 5.00 Å². The van der Waals surface area contributed by atoms with E-state index in [-0.39, 0.29) is 18.4 Å². The molecule has 2 aromatic carbocycles. The number of fused-ring (bicyclic) bond motifs is 1. The molecule has 2 amide bonds. The van der Waals surface area contributed by atoms with Crippen LogP contribution in [-0.2, 0) is 28.9 Å². The molecule has 0 unspecified atom stereocenters. The van der Waals surface area contributed by atoms with Crippen molar-refractivity contribution >= 4 is 34.4 Å². The number of nitrogens with one attached hydrogen (secondary N) is 1. The summed E-state index contributed by atoms with van der Waals surface area (Å²) in [5.41, 5.74) is 3.70. The zero-order valence-corrected chi connectivity index (χ0v) is 23.6. The molecule has 1 aromatic heterocycles. The van der Waals surface area contributed by atoms with Gasteiger partial charge >= 0.3 is 0 Å². The molecule has 1 aliphatic heterocycles. The Morgan fingerprint density at radius 1 is 1.05 bits per heavy atom. The number of aryl methyl sites for hydroxylation is 1. The molecular weight excluding hydrogens is 526 g/mol. The minimum absolute atomic E-state index is 0.0598. The molecule has 1 aliphatic carbocycles. The first-order chi connectivity index (χ1) is 19.6. The number of thiophene rings is 1. The molecule has 0 saturated carbocycles. The Morgan fingerprint density at radius 3 is 2.65 bits per heavy atom. The Balaban J connectivity index is 1.32. The molecule has 210 valence electrons. The summed E-state index contributed by atoms with van der Waals surface area (Å²) in [6.07, 6.45) is 5.86. The van der Waals surface area contributed by atoms with Crippen molar-refractivity contribution in [2.45, 2.75) is 39.2 Å². The average molecular weight is 562 g/mol. The van der Waals surface area contributed by atoms with E-state index in [9.17, 15) is 9.59 Å². The number of aliphatic imine (C=N–C) groups is 1. The summed E-state index contributed by atoms with van der Waals surface area (Å²) in [6, 6.07) is 15.4. The predicted molar refractivity (Wildman–Crippen MR) is 156 cm³/mol. The van der Waals surface area contributed by atoms with Crippen LogP contribution in [0.5, 0.6) is 11.5 Å². The van der Waals surface area contributed by atoms with Crippen molar-refractivity contribution in [1.82, 2.24) is 10.2 Å². The standard InChI is InChI=1S/C31H35N3O5S/c1-2-38-26-18-23(12-13-25(26)39-21-28(35)34-14-16-37-17-15-34)20-33-31-29(24-10-6-7-11-27(24)40-31)30(36)32-19-22-8-4-3-5-9-22/h3-5,8-9,12-13,18,20H,2,6-7,10-11,14-17,19,21H2,1H3,(H,32,36). The Kier molecular flexibility index (Phi) is 9.46. The van der Waals surface area contributed by atoms with Crippen LogP contribution in [0.15, 0.2) is 53.5 Å². The average Bonchev–Trinajstić information content (AvgIpc) is 3.38. The Morgan fingerprint density at radius 2 is 1.85 bits per heavy atom. The van der Waals surface area contributed by atoms with Crippen LogP contribution in [0.3, 0.4) is 0 Å². The van der Waals surface area contributed by atoms with Crippen LogP contribution in [0, 0.1) is 0 Å². The summed E-state index contributed by atoms with van der Waals surface area (Å²) in [7, 11) is 0. The molecule has 1 saturated heterocycles. The van der Waals surface area contributed by atoms with Crippen molar-refractivity contribution in [2.24, 2.45) is 4.99 Å². The van der Waals surface area contributed by atoms with Crippen molar-refractivity contribution in [2.75, 3.05) is 39.5 Å². The molecule has 2 aliphatic rings. The van der Waals surface area contributed by atoms with E-state index >= 15 is 0 Å². The van der Waals surface area contributed by atoms with Crippen LogP contribution in [0.25, 0.3) is 0 Å². The van der Waals surface area contributed by atoms with E-state index in [0.717, 1.165) is 47.4 Å². The largest absolute Gasteiger partial charge is 0.490 e. The number of morpholine rings is 1. The van der Waals surface area contributed by atoms with Gasteiger partial charge in [-0.1, -0.05) is 30.3 Å². The zero-order chi connectivity index (χ0) is 27.7. The Hall–Kier alpha value is -3.69. The van der Waals surface area contributed by atoms with Crippen LogP contribution >= 0.6 is 11.3 Å². The van der Waals surface area contributed by atoms with Crippen molar-refractivity contribution in [1.29, 1.82) is 0 Å². The van der Waals surface area contributed by atoms with E-state index in [2.05, 4.69) is 5.32 Å². The van der Waals surface area contributed by atoms with E-state index in [1.807, 2.05) is 49.4 Å². The number of hydrogen-bond acceptors (Lipinski definition) is 7. The summed E-state index contributed by atoms with van der Waals surface area (Å²) in [4.78, 5) is 33.7. The monoisotopic (exact) mass is 561 g/mol. The van der Waals surface area contributed by atoms with Gasteiger partial charge in [-0.3, -0.25) is 9.59 Å². The molecular formula is C31H35N3O5S. The summed E-state index contributed by atoms with van der Waals surface area (Å²) < 4.78 is 17.0. The van der Waals surface area contributed by atoms with E-state index in [4.69, 9.17) is 19.2 Å². The fourth-order valence-electron chi connectivity index (χ4n) is 4.91. The normalized spacial score (nSPS) is 15.1. The van der Waals surface area contributed by atoms with Gasteiger partial charge in [0.1, 0.15) is 5.00 Å². The number of rotatable bonds is 10. The number of carbonyl (C=O) groups excluding carboxylic acids is 2. The van der Waals surface area contributed by atoms with Gasteiger partial charge in [0.15, 0.2) is 18.1 Å².